The molecule has 0 aliphatic carbocycles. The van der Waals surface area contributed by atoms with Crippen LogP contribution in [0.2, 0.25) is 0 Å². The zero-order valence-corrected chi connectivity index (χ0v) is 11.4. The Balaban J connectivity index is 1.82. The third kappa shape index (κ3) is 4.32. The molecule has 1 aromatic heterocycles. The van der Waals surface area contributed by atoms with E-state index in [1.165, 1.54) is 29.4 Å². The average molecular weight is 271 g/mol. The molecule has 1 aliphatic rings. The summed E-state index contributed by atoms with van der Waals surface area (Å²) in [6.45, 7) is 0. The number of thiazole rings is 1. The van der Waals surface area contributed by atoms with E-state index in [-0.39, 0.29) is 6.42 Å². The molecule has 17 heavy (non-hydrogen) atoms. The fourth-order valence-corrected chi connectivity index (χ4v) is 4.11. The standard InChI is InChI=1S/C12H17NO2S2/c14-12(15)4-3-10-8-17-11(13-10)6-9-2-1-5-16-7-9/h8-9H,1-7H2,(H,14,15). The minimum absolute atomic E-state index is 0.183. The summed E-state index contributed by atoms with van der Waals surface area (Å²) in [7, 11) is 0. The number of thioether (sulfide) groups is 1. The first-order valence-corrected chi connectivity index (χ1v) is 8.00. The number of aliphatic carboxylic acids is 1. The Morgan fingerprint density at radius 1 is 1.59 bits per heavy atom. The first-order valence-electron chi connectivity index (χ1n) is 5.97. The van der Waals surface area contributed by atoms with Crippen molar-refractivity contribution < 1.29 is 9.90 Å². The monoisotopic (exact) mass is 271 g/mol. The van der Waals surface area contributed by atoms with Gasteiger partial charge in [-0.1, -0.05) is 0 Å². The smallest absolute Gasteiger partial charge is 0.303 e. The van der Waals surface area contributed by atoms with Crippen LogP contribution in [0.4, 0.5) is 0 Å². The predicted molar refractivity (Wildman–Crippen MR) is 71.8 cm³/mol. The Kier molecular flexibility index (Phi) is 4.86. The van der Waals surface area contributed by atoms with Gasteiger partial charge in [-0.2, -0.15) is 11.8 Å². The average Bonchev–Trinajstić information content (AvgIpc) is 2.75. The molecule has 1 saturated heterocycles. The van der Waals surface area contributed by atoms with Crippen molar-refractivity contribution in [2.75, 3.05) is 11.5 Å². The van der Waals surface area contributed by atoms with Crippen molar-refractivity contribution in [2.45, 2.75) is 32.1 Å². The number of hydrogen-bond donors (Lipinski definition) is 1. The van der Waals surface area contributed by atoms with E-state index in [1.54, 1.807) is 11.3 Å². The molecule has 0 aromatic carbocycles. The summed E-state index contributed by atoms with van der Waals surface area (Å²) in [5.74, 6) is 2.58. The van der Waals surface area contributed by atoms with Gasteiger partial charge in [-0.15, -0.1) is 11.3 Å². The normalized spacial score (nSPS) is 20.4. The maximum Gasteiger partial charge on any atom is 0.303 e. The molecule has 94 valence electrons. The van der Waals surface area contributed by atoms with Crippen molar-refractivity contribution in [3.8, 4) is 0 Å². The Hall–Kier alpha value is -0.550. The van der Waals surface area contributed by atoms with Crippen molar-refractivity contribution in [2.24, 2.45) is 5.92 Å². The maximum absolute atomic E-state index is 10.5. The van der Waals surface area contributed by atoms with Gasteiger partial charge in [0.2, 0.25) is 0 Å². The fraction of sp³-hybridized carbons (Fsp3) is 0.667. The van der Waals surface area contributed by atoms with Gasteiger partial charge in [-0.25, -0.2) is 4.98 Å². The van der Waals surface area contributed by atoms with E-state index < -0.39 is 5.97 Å². The highest BCUT2D eigenvalue weighted by Crippen LogP contribution is 2.26. The van der Waals surface area contributed by atoms with E-state index in [9.17, 15) is 4.79 Å². The number of nitrogens with zero attached hydrogens (tertiary/aromatic N) is 1. The first-order chi connectivity index (χ1) is 8.24. The molecule has 0 radical (unpaired) electrons. The number of aromatic nitrogens is 1. The highest BCUT2D eigenvalue weighted by molar-refractivity contribution is 7.99. The second-order valence-electron chi connectivity index (χ2n) is 4.41. The number of aryl methyl sites for hydroxylation is 1. The van der Waals surface area contributed by atoms with Gasteiger partial charge >= 0.3 is 5.97 Å². The number of carboxylic acid groups (broad SMARTS) is 1. The molecule has 1 unspecified atom stereocenters. The third-order valence-corrected chi connectivity index (χ3v) is 5.12. The molecule has 0 spiro atoms. The lowest BCUT2D eigenvalue weighted by Crippen LogP contribution is -2.13. The van der Waals surface area contributed by atoms with Gasteiger partial charge in [0.15, 0.2) is 0 Å². The summed E-state index contributed by atoms with van der Waals surface area (Å²) in [5.41, 5.74) is 0.941. The predicted octanol–water partition coefficient (Wildman–Crippen LogP) is 2.85. The number of rotatable bonds is 5. The van der Waals surface area contributed by atoms with Crippen LogP contribution in [-0.2, 0) is 17.6 Å². The lowest BCUT2D eigenvalue weighted by atomic mass is 10.0. The Bertz CT molecular complexity index is 372. The van der Waals surface area contributed by atoms with E-state index >= 15 is 0 Å². The molecule has 1 N–H and O–H groups in total. The van der Waals surface area contributed by atoms with E-state index in [2.05, 4.69) is 4.98 Å². The van der Waals surface area contributed by atoms with Gasteiger partial charge in [-0.05, 0) is 30.3 Å². The molecule has 1 aromatic rings. The van der Waals surface area contributed by atoms with Crippen molar-refractivity contribution >= 4 is 29.1 Å². The number of carbonyl (C=O) groups is 1. The van der Waals surface area contributed by atoms with Crippen molar-refractivity contribution in [3.05, 3.63) is 16.1 Å². The van der Waals surface area contributed by atoms with Gasteiger partial charge < -0.3 is 5.11 Å². The second-order valence-corrected chi connectivity index (χ2v) is 6.51. The van der Waals surface area contributed by atoms with Crippen LogP contribution in [-0.4, -0.2) is 27.6 Å². The summed E-state index contributed by atoms with van der Waals surface area (Å²) in [6, 6.07) is 0. The van der Waals surface area contributed by atoms with Crippen LogP contribution in [0, 0.1) is 5.92 Å². The molecular formula is C12H17NO2S2. The summed E-state index contributed by atoms with van der Waals surface area (Å²) in [5, 5.41) is 11.8. The van der Waals surface area contributed by atoms with Gasteiger partial charge in [0.05, 0.1) is 17.1 Å². The number of hydrogen-bond acceptors (Lipinski definition) is 4. The highest BCUT2D eigenvalue weighted by atomic mass is 32.2. The van der Waals surface area contributed by atoms with Gasteiger partial charge in [0.25, 0.3) is 0 Å². The van der Waals surface area contributed by atoms with Crippen LogP contribution in [0.1, 0.15) is 30.0 Å². The van der Waals surface area contributed by atoms with Crippen LogP contribution >= 0.6 is 23.1 Å². The zero-order chi connectivity index (χ0) is 12.1. The summed E-state index contributed by atoms with van der Waals surface area (Å²) < 4.78 is 0. The molecule has 1 atom stereocenters. The van der Waals surface area contributed by atoms with E-state index in [0.29, 0.717) is 6.42 Å². The van der Waals surface area contributed by atoms with Crippen molar-refractivity contribution in [1.29, 1.82) is 0 Å². The zero-order valence-electron chi connectivity index (χ0n) is 9.72. The molecule has 0 saturated carbocycles. The van der Waals surface area contributed by atoms with E-state index in [0.717, 1.165) is 18.0 Å². The van der Waals surface area contributed by atoms with Gasteiger partial charge in [0.1, 0.15) is 0 Å². The Morgan fingerprint density at radius 3 is 3.18 bits per heavy atom. The number of carboxylic acids is 1. The van der Waals surface area contributed by atoms with Crippen LogP contribution in [0.25, 0.3) is 0 Å². The Labute approximate surface area is 110 Å². The lowest BCUT2D eigenvalue weighted by Gasteiger charge is -2.19. The largest absolute Gasteiger partial charge is 0.481 e. The molecule has 0 bridgehead atoms. The molecule has 5 heteroatoms. The van der Waals surface area contributed by atoms with Crippen LogP contribution in [0.3, 0.4) is 0 Å². The minimum atomic E-state index is -0.747. The van der Waals surface area contributed by atoms with Crippen molar-refractivity contribution in [3.63, 3.8) is 0 Å². The molecular weight excluding hydrogens is 254 g/mol. The molecule has 0 amide bonds. The quantitative estimate of drug-likeness (QED) is 0.894. The Morgan fingerprint density at radius 2 is 2.47 bits per heavy atom. The fourth-order valence-electron chi connectivity index (χ4n) is 2.01. The molecule has 1 fully saturated rings. The highest BCUT2D eigenvalue weighted by Gasteiger charge is 2.16. The third-order valence-electron chi connectivity index (χ3n) is 2.91. The van der Waals surface area contributed by atoms with Gasteiger partial charge in [-0.3, -0.25) is 4.79 Å². The van der Waals surface area contributed by atoms with E-state index in [4.69, 9.17) is 5.11 Å². The maximum atomic E-state index is 10.5. The van der Waals surface area contributed by atoms with Crippen LogP contribution in [0.5, 0.6) is 0 Å². The van der Waals surface area contributed by atoms with Crippen LogP contribution < -0.4 is 0 Å². The molecule has 1 aliphatic heterocycles. The topological polar surface area (TPSA) is 50.2 Å². The lowest BCUT2D eigenvalue weighted by molar-refractivity contribution is -0.136. The molecule has 2 heterocycles. The van der Waals surface area contributed by atoms with Crippen molar-refractivity contribution in [1.82, 2.24) is 4.98 Å². The first kappa shape index (κ1) is 12.9. The summed E-state index contributed by atoms with van der Waals surface area (Å²) >= 11 is 3.72. The van der Waals surface area contributed by atoms with E-state index in [1.807, 2.05) is 17.1 Å². The molecule has 2 rings (SSSR count). The SMILES string of the molecule is O=C(O)CCc1csc(CC2CCCSC2)n1. The minimum Gasteiger partial charge on any atom is -0.481 e. The summed E-state index contributed by atoms with van der Waals surface area (Å²) in [4.78, 5) is 15.0. The van der Waals surface area contributed by atoms with Crippen LogP contribution in [0.15, 0.2) is 5.38 Å². The molecule has 3 nitrogen and oxygen atoms in total. The summed E-state index contributed by atoms with van der Waals surface area (Å²) in [6.07, 6.45) is 4.46. The second kappa shape index (κ2) is 6.40. The van der Waals surface area contributed by atoms with Gasteiger partial charge in [0, 0.05) is 18.2 Å².